The third kappa shape index (κ3) is 3.64. The second-order valence-corrected chi connectivity index (χ2v) is 5.45. The van der Waals surface area contributed by atoms with Gasteiger partial charge in [0.2, 0.25) is 0 Å². The molecule has 0 fully saturated rings. The third-order valence-electron chi connectivity index (χ3n) is 1.91. The van der Waals surface area contributed by atoms with Crippen LogP contribution in [0.25, 0.3) is 6.08 Å². The quantitative estimate of drug-likeness (QED) is 0.659. The Hall–Kier alpha value is 0.0200. The second kappa shape index (κ2) is 5.20. The lowest BCUT2D eigenvalue weighted by molar-refractivity contribution is 1.16. The lowest BCUT2D eigenvalue weighted by Gasteiger charge is -2.04. The maximum Gasteiger partial charge on any atom is 0.0426 e. The van der Waals surface area contributed by atoms with Crippen LogP contribution < -0.4 is 0 Å². The molecule has 0 saturated carbocycles. The van der Waals surface area contributed by atoms with Crippen molar-refractivity contribution in [2.75, 3.05) is 0 Å². The van der Waals surface area contributed by atoms with Gasteiger partial charge < -0.3 is 0 Å². The fourth-order valence-corrected chi connectivity index (χ4v) is 1.71. The molecular formula is C11H11BrCl2. The highest BCUT2D eigenvalue weighted by atomic mass is 79.9. The molecule has 0 saturated heterocycles. The minimum atomic E-state index is 0.361. The van der Waals surface area contributed by atoms with Gasteiger partial charge in [0.1, 0.15) is 0 Å². The predicted molar refractivity (Wildman–Crippen MR) is 68.5 cm³/mol. The predicted octanol–water partition coefficient (Wildman–Crippen LogP) is 5.18. The molecule has 14 heavy (non-hydrogen) atoms. The fraction of sp³-hybridized carbons (Fsp3) is 0.273. The molecule has 0 aliphatic rings. The van der Waals surface area contributed by atoms with Crippen molar-refractivity contribution >= 4 is 45.2 Å². The number of hydrogen-bond donors (Lipinski definition) is 0. The van der Waals surface area contributed by atoms with E-state index in [0.29, 0.717) is 14.9 Å². The molecule has 1 aromatic carbocycles. The molecule has 0 radical (unpaired) electrons. The molecule has 0 heterocycles. The lowest BCUT2D eigenvalue weighted by atomic mass is 10.1. The van der Waals surface area contributed by atoms with Gasteiger partial charge in [0, 0.05) is 14.9 Å². The van der Waals surface area contributed by atoms with Gasteiger partial charge in [-0.15, -0.1) is 0 Å². The number of allylic oxidation sites excluding steroid dienone is 1. The Morgan fingerprint density at radius 2 is 1.79 bits per heavy atom. The van der Waals surface area contributed by atoms with Gasteiger partial charge in [0.15, 0.2) is 0 Å². The zero-order valence-corrected chi connectivity index (χ0v) is 11.1. The van der Waals surface area contributed by atoms with Crippen molar-refractivity contribution in [2.24, 2.45) is 0 Å². The molecule has 1 rings (SSSR count). The highest BCUT2D eigenvalue weighted by Gasteiger charge is 2.00. The molecule has 0 aromatic heterocycles. The Bertz CT molecular complexity index is 336. The van der Waals surface area contributed by atoms with E-state index in [-0.39, 0.29) is 0 Å². The molecule has 0 N–H and O–H groups in total. The van der Waals surface area contributed by atoms with Crippen LogP contribution in [0.4, 0.5) is 0 Å². The molecule has 1 unspecified atom stereocenters. The van der Waals surface area contributed by atoms with Gasteiger partial charge in [-0.3, -0.25) is 0 Å². The standard InChI is InChI=1S/C11H11BrCl2/c1-7(8(2)12)3-9-4-10(13)6-11(14)5-9/h3-6,8H,1-2H3/b7-3+. The summed E-state index contributed by atoms with van der Waals surface area (Å²) in [6.07, 6.45) is 2.07. The first-order valence-corrected chi connectivity index (χ1v) is 5.94. The van der Waals surface area contributed by atoms with E-state index >= 15 is 0 Å². The van der Waals surface area contributed by atoms with Crippen LogP contribution in [-0.2, 0) is 0 Å². The van der Waals surface area contributed by atoms with E-state index in [1.54, 1.807) is 6.07 Å². The number of alkyl halides is 1. The van der Waals surface area contributed by atoms with Gasteiger partial charge >= 0.3 is 0 Å². The van der Waals surface area contributed by atoms with Gasteiger partial charge in [-0.05, 0) is 37.6 Å². The van der Waals surface area contributed by atoms with E-state index in [9.17, 15) is 0 Å². The first-order chi connectivity index (χ1) is 6.49. The summed E-state index contributed by atoms with van der Waals surface area (Å²) < 4.78 is 0. The van der Waals surface area contributed by atoms with Gasteiger partial charge in [-0.2, -0.15) is 0 Å². The second-order valence-electron chi connectivity index (χ2n) is 3.21. The van der Waals surface area contributed by atoms with Crippen molar-refractivity contribution in [2.45, 2.75) is 18.7 Å². The number of benzene rings is 1. The molecule has 1 aromatic rings. The molecule has 76 valence electrons. The molecule has 3 heteroatoms. The van der Waals surface area contributed by atoms with Crippen molar-refractivity contribution in [3.63, 3.8) is 0 Å². The monoisotopic (exact) mass is 292 g/mol. The minimum absolute atomic E-state index is 0.361. The molecule has 1 atom stereocenters. The topological polar surface area (TPSA) is 0 Å². The van der Waals surface area contributed by atoms with Crippen LogP contribution in [0.3, 0.4) is 0 Å². The summed E-state index contributed by atoms with van der Waals surface area (Å²) in [5.41, 5.74) is 2.27. The Morgan fingerprint density at radius 1 is 1.29 bits per heavy atom. The molecule has 0 spiro atoms. The van der Waals surface area contributed by atoms with Crippen LogP contribution in [0, 0.1) is 0 Å². The van der Waals surface area contributed by atoms with Crippen molar-refractivity contribution in [3.8, 4) is 0 Å². The van der Waals surface area contributed by atoms with Crippen molar-refractivity contribution in [1.29, 1.82) is 0 Å². The Morgan fingerprint density at radius 3 is 2.21 bits per heavy atom. The summed E-state index contributed by atoms with van der Waals surface area (Å²) in [6.45, 7) is 4.15. The maximum atomic E-state index is 5.89. The summed E-state index contributed by atoms with van der Waals surface area (Å²) in [5.74, 6) is 0. The van der Waals surface area contributed by atoms with Crippen molar-refractivity contribution in [1.82, 2.24) is 0 Å². The zero-order chi connectivity index (χ0) is 10.7. The Balaban J connectivity index is 3.02. The highest BCUT2D eigenvalue weighted by Crippen LogP contribution is 2.22. The smallest absolute Gasteiger partial charge is 0.0426 e. The molecule has 0 aliphatic carbocycles. The first kappa shape index (κ1) is 12.1. The largest absolute Gasteiger partial charge is 0.0845 e. The number of hydrogen-bond acceptors (Lipinski definition) is 0. The normalized spacial score (nSPS) is 14.2. The summed E-state index contributed by atoms with van der Waals surface area (Å²) in [5, 5.41) is 1.33. The van der Waals surface area contributed by atoms with Crippen LogP contribution in [0.1, 0.15) is 19.4 Å². The number of halogens is 3. The van der Waals surface area contributed by atoms with Crippen molar-refractivity contribution < 1.29 is 0 Å². The average Bonchev–Trinajstić information content (AvgIpc) is 2.01. The molecule has 0 amide bonds. The maximum absolute atomic E-state index is 5.89. The number of rotatable bonds is 2. The summed E-state index contributed by atoms with van der Waals surface area (Å²) in [4.78, 5) is 0.361. The summed E-state index contributed by atoms with van der Waals surface area (Å²) in [7, 11) is 0. The van der Waals surface area contributed by atoms with Crippen LogP contribution in [0.15, 0.2) is 23.8 Å². The molecular weight excluding hydrogens is 283 g/mol. The Kier molecular flexibility index (Phi) is 4.49. The third-order valence-corrected chi connectivity index (χ3v) is 3.07. The van der Waals surface area contributed by atoms with Crippen LogP contribution in [-0.4, -0.2) is 4.83 Å². The summed E-state index contributed by atoms with van der Waals surface area (Å²) >= 11 is 15.3. The van der Waals surface area contributed by atoms with E-state index in [4.69, 9.17) is 23.2 Å². The van der Waals surface area contributed by atoms with Crippen LogP contribution in [0.5, 0.6) is 0 Å². The van der Waals surface area contributed by atoms with E-state index in [1.807, 2.05) is 12.1 Å². The van der Waals surface area contributed by atoms with Crippen molar-refractivity contribution in [3.05, 3.63) is 39.4 Å². The highest BCUT2D eigenvalue weighted by molar-refractivity contribution is 9.09. The van der Waals surface area contributed by atoms with Gasteiger partial charge in [0.05, 0.1) is 0 Å². The van der Waals surface area contributed by atoms with E-state index < -0.39 is 0 Å². The molecule has 0 aliphatic heterocycles. The Labute approximate surface area is 103 Å². The minimum Gasteiger partial charge on any atom is -0.0845 e. The van der Waals surface area contributed by atoms with E-state index in [1.165, 1.54) is 5.57 Å². The molecule has 0 nitrogen and oxygen atoms in total. The SMILES string of the molecule is C/C(=C\c1cc(Cl)cc(Cl)c1)C(C)Br. The van der Waals surface area contributed by atoms with E-state index in [0.717, 1.165) is 5.56 Å². The average molecular weight is 294 g/mol. The van der Waals surface area contributed by atoms with Crippen LogP contribution in [0.2, 0.25) is 10.0 Å². The van der Waals surface area contributed by atoms with Gasteiger partial charge in [-0.25, -0.2) is 0 Å². The van der Waals surface area contributed by atoms with Gasteiger partial charge in [0.25, 0.3) is 0 Å². The molecule has 0 bridgehead atoms. The lowest BCUT2D eigenvalue weighted by Crippen LogP contribution is -1.90. The van der Waals surface area contributed by atoms with E-state index in [2.05, 4.69) is 35.9 Å². The van der Waals surface area contributed by atoms with Crippen LogP contribution >= 0.6 is 39.1 Å². The first-order valence-electron chi connectivity index (χ1n) is 4.27. The zero-order valence-electron chi connectivity index (χ0n) is 8.02. The summed E-state index contributed by atoms with van der Waals surface area (Å²) in [6, 6.07) is 5.52. The fourth-order valence-electron chi connectivity index (χ4n) is 1.04. The van der Waals surface area contributed by atoms with Gasteiger partial charge in [-0.1, -0.05) is 50.8 Å².